The third-order valence-corrected chi connectivity index (χ3v) is 7.87. The van der Waals surface area contributed by atoms with Crippen LogP contribution in [0.2, 0.25) is 5.02 Å². The molecular weight excluding hydrogens is 450 g/mol. The Hall–Kier alpha value is -2.39. The molecule has 9 heteroatoms. The zero-order chi connectivity index (χ0) is 22.9. The summed E-state index contributed by atoms with van der Waals surface area (Å²) in [4.78, 5) is 15.9. The van der Waals surface area contributed by atoms with Crippen LogP contribution in [0, 0.1) is 0 Å². The van der Waals surface area contributed by atoms with Crippen LogP contribution in [0.15, 0.2) is 53.6 Å². The van der Waals surface area contributed by atoms with E-state index < -0.39 is 10.0 Å². The largest absolute Gasteiger partial charge is 0.373 e. The average Bonchev–Trinajstić information content (AvgIpc) is 3.16. The van der Waals surface area contributed by atoms with Gasteiger partial charge < -0.3 is 15.0 Å². The van der Waals surface area contributed by atoms with Gasteiger partial charge in [-0.15, -0.1) is 0 Å². The smallest absolute Gasteiger partial charge is 0.251 e. The maximum atomic E-state index is 13.2. The Kier molecular flexibility index (Phi) is 6.57. The van der Waals surface area contributed by atoms with Gasteiger partial charge in [0.05, 0.1) is 17.2 Å². The van der Waals surface area contributed by atoms with Crippen molar-refractivity contribution in [1.29, 1.82) is 0 Å². The van der Waals surface area contributed by atoms with Gasteiger partial charge in [-0.2, -0.15) is 4.31 Å². The lowest BCUT2D eigenvalue weighted by molar-refractivity contribution is -0.0440. The number of benzene rings is 2. The lowest BCUT2D eigenvalue weighted by Gasteiger charge is -2.34. The lowest BCUT2D eigenvalue weighted by Crippen LogP contribution is -2.48. The van der Waals surface area contributed by atoms with Crippen LogP contribution in [0.3, 0.4) is 0 Å². The van der Waals surface area contributed by atoms with E-state index in [0.717, 1.165) is 16.5 Å². The number of hydrogen-bond donors (Lipinski definition) is 2. The molecule has 0 aliphatic carbocycles. The van der Waals surface area contributed by atoms with Crippen LogP contribution in [0.5, 0.6) is 0 Å². The summed E-state index contributed by atoms with van der Waals surface area (Å²) in [7, 11) is -3.86. The van der Waals surface area contributed by atoms with Gasteiger partial charge in [0.2, 0.25) is 10.0 Å². The normalized spacial score (nSPS) is 19.8. The highest BCUT2D eigenvalue weighted by atomic mass is 35.5. The molecule has 2 atom stereocenters. The number of para-hydroxylation sites is 1. The van der Waals surface area contributed by atoms with Crippen molar-refractivity contribution in [3.05, 3.63) is 64.8 Å². The van der Waals surface area contributed by atoms with Crippen LogP contribution in [-0.2, 0) is 21.2 Å². The molecule has 1 aliphatic heterocycles. The molecule has 3 aromatic rings. The van der Waals surface area contributed by atoms with E-state index in [2.05, 4.69) is 10.3 Å². The molecule has 1 amide bonds. The second-order valence-corrected chi connectivity index (χ2v) is 10.4. The number of carbonyl (C=O) groups is 1. The van der Waals surface area contributed by atoms with Crippen molar-refractivity contribution >= 4 is 38.4 Å². The summed E-state index contributed by atoms with van der Waals surface area (Å²) < 4.78 is 33.4. The van der Waals surface area contributed by atoms with Gasteiger partial charge in [0.15, 0.2) is 0 Å². The maximum Gasteiger partial charge on any atom is 0.251 e. The minimum Gasteiger partial charge on any atom is -0.373 e. The summed E-state index contributed by atoms with van der Waals surface area (Å²) in [5.41, 5.74) is 2.41. The first-order valence-electron chi connectivity index (χ1n) is 10.5. The van der Waals surface area contributed by atoms with Gasteiger partial charge in [-0.25, -0.2) is 8.42 Å². The monoisotopic (exact) mass is 475 g/mol. The molecule has 0 unspecified atom stereocenters. The standard InChI is InChI=1S/C23H26ClN3O4S/c1-15-13-27(14-16(2)31-15)32(29,30)22-11-17(7-8-20(22)24)23(28)25-10-9-18-12-26-21-6-4-3-5-19(18)21/h3-8,11-12,15-16,26H,9-10,13-14H2,1-2H3,(H,25,28)/t15-,16+. The second kappa shape index (κ2) is 9.23. The van der Waals surface area contributed by atoms with Gasteiger partial charge in [-0.3, -0.25) is 4.79 Å². The second-order valence-electron chi connectivity index (χ2n) is 8.09. The van der Waals surface area contributed by atoms with Crippen LogP contribution < -0.4 is 5.32 Å². The first-order chi connectivity index (χ1) is 15.3. The number of aromatic nitrogens is 1. The average molecular weight is 476 g/mol. The molecule has 0 saturated carbocycles. The number of rotatable bonds is 6. The molecule has 1 aliphatic rings. The molecule has 0 spiro atoms. The molecule has 1 fully saturated rings. The van der Waals surface area contributed by atoms with E-state index in [4.69, 9.17) is 16.3 Å². The van der Waals surface area contributed by atoms with Crippen LogP contribution in [0.25, 0.3) is 10.9 Å². The number of amides is 1. The topological polar surface area (TPSA) is 91.5 Å². The van der Waals surface area contributed by atoms with Crippen molar-refractivity contribution in [2.45, 2.75) is 37.4 Å². The predicted molar refractivity (Wildman–Crippen MR) is 125 cm³/mol. The molecule has 2 heterocycles. The van der Waals surface area contributed by atoms with Crippen LogP contribution in [-0.4, -0.2) is 55.5 Å². The van der Waals surface area contributed by atoms with Crippen LogP contribution in [0.1, 0.15) is 29.8 Å². The quantitative estimate of drug-likeness (QED) is 0.570. The number of halogens is 1. The minimum atomic E-state index is -3.86. The van der Waals surface area contributed by atoms with Crippen molar-refractivity contribution in [2.75, 3.05) is 19.6 Å². The van der Waals surface area contributed by atoms with Crippen molar-refractivity contribution in [1.82, 2.24) is 14.6 Å². The maximum absolute atomic E-state index is 13.2. The number of H-pyrrole nitrogens is 1. The molecule has 2 aromatic carbocycles. The Bertz CT molecular complexity index is 1230. The van der Waals surface area contributed by atoms with Crippen molar-refractivity contribution in [2.24, 2.45) is 0 Å². The van der Waals surface area contributed by atoms with Crippen molar-refractivity contribution in [3.8, 4) is 0 Å². The van der Waals surface area contributed by atoms with Gasteiger partial charge in [0.25, 0.3) is 5.91 Å². The first kappa shape index (κ1) is 22.8. The summed E-state index contributed by atoms with van der Waals surface area (Å²) in [5.74, 6) is -0.346. The first-order valence-corrected chi connectivity index (χ1v) is 12.4. The van der Waals surface area contributed by atoms with Gasteiger partial charge in [-0.05, 0) is 50.1 Å². The number of sulfonamides is 1. The lowest BCUT2D eigenvalue weighted by atomic mass is 10.1. The fraction of sp³-hybridized carbons (Fsp3) is 0.348. The molecule has 1 aromatic heterocycles. The molecule has 2 N–H and O–H groups in total. The highest BCUT2D eigenvalue weighted by Crippen LogP contribution is 2.28. The molecule has 0 radical (unpaired) electrons. The van der Waals surface area contributed by atoms with Gasteiger partial charge in [0, 0.05) is 42.3 Å². The molecule has 1 saturated heterocycles. The van der Waals surface area contributed by atoms with Crippen LogP contribution in [0.4, 0.5) is 0 Å². The molecular formula is C23H26ClN3O4S. The van der Waals surface area contributed by atoms with Gasteiger partial charge in [0.1, 0.15) is 4.90 Å². The van der Waals surface area contributed by atoms with Gasteiger partial charge >= 0.3 is 0 Å². The SMILES string of the molecule is C[C@@H]1CN(S(=O)(=O)c2cc(C(=O)NCCc3c[nH]c4ccccc34)ccc2Cl)C[C@H](C)O1. The molecule has 7 nitrogen and oxygen atoms in total. The number of carbonyl (C=O) groups excluding carboxylic acids is 1. The number of morpholine rings is 1. The highest BCUT2D eigenvalue weighted by Gasteiger charge is 2.33. The summed E-state index contributed by atoms with van der Waals surface area (Å²) in [6.45, 7) is 4.56. The fourth-order valence-electron chi connectivity index (χ4n) is 4.06. The van der Waals surface area contributed by atoms with E-state index in [1.54, 1.807) is 0 Å². The van der Waals surface area contributed by atoms with Crippen molar-refractivity contribution < 1.29 is 17.9 Å². The predicted octanol–water partition coefficient (Wildman–Crippen LogP) is 3.59. The van der Waals surface area contributed by atoms with E-state index in [9.17, 15) is 13.2 Å². The number of hydrogen-bond acceptors (Lipinski definition) is 4. The number of fused-ring (bicyclic) bond motifs is 1. The molecule has 0 bridgehead atoms. The Labute approximate surface area is 192 Å². The van der Waals surface area contributed by atoms with E-state index >= 15 is 0 Å². The Morgan fingerprint density at radius 1 is 1.19 bits per heavy atom. The van der Waals surface area contributed by atoms with E-state index in [1.807, 2.05) is 44.3 Å². The molecule has 32 heavy (non-hydrogen) atoms. The van der Waals surface area contributed by atoms with Crippen LogP contribution >= 0.6 is 11.6 Å². The molecule has 4 rings (SSSR count). The Morgan fingerprint density at radius 2 is 1.91 bits per heavy atom. The third-order valence-electron chi connectivity index (χ3n) is 5.55. The van der Waals surface area contributed by atoms with E-state index in [1.165, 1.54) is 22.5 Å². The number of nitrogens with zero attached hydrogens (tertiary/aromatic N) is 1. The highest BCUT2D eigenvalue weighted by molar-refractivity contribution is 7.89. The van der Waals surface area contributed by atoms with Gasteiger partial charge in [-0.1, -0.05) is 29.8 Å². The summed E-state index contributed by atoms with van der Waals surface area (Å²) in [6, 6.07) is 12.3. The fourth-order valence-corrected chi connectivity index (χ4v) is 6.15. The van der Waals surface area contributed by atoms with E-state index in [0.29, 0.717) is 13.0 Å². The minimum absolute atomic E-state index is 0.0651. The number of aromatic amines is 1. The summed E-state index contributed by atoms with van der Waals surface area (Å²) in [5, 5.41) is 4.08. The molecule has 170 valence electrons. The number of nitrogens with one attached hydrogen (secondary N) is 2. The summed E-state index contributed by atoms with van der Waals surface area (Å²) in [6.07, 6.45) is 2.15. The van der Waals surface area contributed by atoms with E-state index in [-0.39, 0.29) is 46.7 Å². The van der Waals surface area contributed by atoms with Crippen molar-refractivity contribution in [3.63, 3.8) is 0 Å². The summed E-state index contributed by atoms with van der Waals surface area (Å²) >= 11 is 6.23. The zero-order valence-corrected chi connectivity index (χ0v) is 19.5. The Balaban J connectivity index is 1.47. The number of ether oxygens (including phenoxy) is 1. The third kappa shape index (κ3) is 4.68. The Morgan fingerprint density at radius 3 is 2.66 bits per heavy atom. The zero-order valence-electron chi connectivity index (χ0n) is 18.0.